The number of aryl methyl sites for hydroxylation is 2. The molecule has 2 amide bonds. The Balaban J connectivity index is 1.86. The Morgan fingerprint density at radius 3 is 2.42 bits per heavy atom. The number of fused-ring (bicyclic) bond motifs is 1. The summed E-state index contributed by atoms with van der Waals surface area (Å²) >= 11 is 6.33. The van der Waals surface area contributed by atoms with Crippen LogP contribution in [0, 0.1) is 6.92 Å². The lowest BCUT2D eigenvalue weighted by molar-refractivity contribution is 0.0660. The lowest BCUT2D eigenvalue weighted by Crippen LogP contribution is -2.24. The van der Waals surface area contributed by atoms with Gasteiger partial charge in [-0.25, -0.2) is 0 Å². The maximum Gasteiger partial charge on any atom is 0.282 e. The summed E-state index contributed by atoms with van der Waals surface area (Å²) < 4.78 is 1.71. The highest BCUT2D eigenvalue weighted by atomic mass is 35.5. The summed E-state index contributed by atoms with van der Waals surface area (Å²) in [7, 11) is 0. The summed E-state index contributed by atoms with van der Waals surface area (Å²) in [6, 6.07) is 6.67. The molecule has 0 saturated heterocycles. The molecule has 0 radical (unpaired) electrons. The molecule has 1 aromatic carbocycles. The highest BCUT2D eigenvalue weighted by Crippen LogP contribution is 2.23. The van der Waals surface area contributed by atoms with Gasteiger partial charge < -0.3 is 0 Å². The van der Waals surface area contributed by atoms with Crippen molar-refractivity contribution in [3.63, 3.8) is 0 Å². The van der Waals surface area contributed by atoms with E-state index >= 15 is 0 Å². The first kappa shape index (κ1) is 16.4. The van der Waals surface area contributed by atoms with Crippen LogP contribution in [-0.2, 0) is 6.54 Å². The van der Waals surface area contributed by atoms with Gasteiger partial charge in [0.1, 0.15) is 5.15 Å². The molecule has 0 saturated carbocycles. The van der Waals surface area contributed by atoms with Gasteiger partial charge in [-0.3, -0.25) is 14.3 Å². The zero-order valence-electron chi connectivity index (χ0n) is 13.5. The fourth-order valence-electron chi connectivity index (χ4n) is 2.57. The van der Waals surface area contributed by atoms with Gasteiger partial charge in [-0.05, 0) is 25.5 Å². The number of imide groups is 1. The Bertz CT molecular complexity index is 806. The van der Waals surface area contributed by atoms with Crippen molar-refractivity contribution in [1.29, 1.82) is 0 Å². The van der Waals surface area contributed by atoms with Crippen molar-refractivity contribution < 1.29 is 9.59 Å². The molecule has 2 heterocycles. The van der Waals surface area contributed by atoms with Crippen LogP contribution in [0.2, 0.25) is 5.15 Å². The fraction of sp³-hybridized carbons (Fsp3) is 0.294. The summed E-state index contributed by atoms with van der Waals surface area (Å²) in [5.41, 5.74) is 2.04. The highest BCUT2D eigenvalue weighted by molar-refractivity contribution is 6.32. The van der Waals surface area contributed by atoms with E-state index in [1.54, 1.807) is 28.9 Å². The van der Waals surface area contributed by atoms with E-state index in [-0.39, 0.29) is 0 Å². The number of aromatic nitrogens is 2. The van der Waals surface area contributed by atoms with Gasteiger partial charge in [0, 0.05) is 6.54 Å². The molecule has 1 aliphatic heterocycles. The van der Waals surface area contributed by atoms with Crippen molar-refractivity contribution in [3.8, 4) is 0 Å². The molecule has 3 rings (SSSR count). The van der Waals surface area contributed by atoms with Crippen LogP contribution in [0.5, 0.6) is 0 Å². The second-order valence-electron chi connectivity index (χ2n) is 5.58. The Labute approximate surface area is 144 Å². The number of rotatable bonds is 5. The van der Waals surface area contributed by atoms with E-state index in [0.717, 1.165) is 24.4 Å². The van der Waals surface area contributed by atoms with Gasteiger partial charge in [-0.1, -0.05) is 37.1 Å². The van der Waals surface area contributed by atoms with Crippen LogP contribution in [0.3, 0.4) is 0 Å². The minimum absolute atomic E-state index is 0.362. The summed E-state index contributed by atoms with van der Waals surface area (Å²) in [6.45, 7) is 4.63. The number of benzene rings is 1. The fourth-order valence-corrected chi connectivity index (χ4v) is 2.87. The molecule has 0 unspecified atom stereocenters. The molecule has 6 nitrogen and oxygen atoms in total. The third kappa shape index (κ3) is 2.73. The molecule has 1 aliphatic rings. The van der Waals surface area contributed by atoms with Crippen molar-refractivity contribution in [2.75, 3.05) is 0 Å². The van der Waals surface area contributed by atoms with Gasteiger partial charge in [-0.15, -0.1) is 0 Å². The van der Waals surface area contributed by atoms with Gasteiger partial charge in [0.2, 0.25) is 0 Å². The number of hydrogen-bond acceptors (Lipinski definition) is 4. The van der Waals surface area contributed by atoms with Crippen molar-refractivity contribution in [2.24, 2.45) is 5.10 Å². The smallest absolute Gasteiger partial charge is 0.267 e. The largest absolute Gasteiger partial charge is 0.282 e. The van der Waals surface area contributed by atoms with Crippen LogP contribution in [0.1, 0.15) is 51.7 Å². The van der Waals surface area contributed by atoms with E-state index in [0.29, 0.717) is 27.5 Å². The topological polar surface area (TPSA) is 67.6 Å². The summed E-state index contributed by atoms with van der Waals surface area (Å²) in [6.07, 6.45) is 3.43. The van der Waals surface area contributed by atoms with E-state index in [4.69, 9.17) is 11.6 Å². The van der Waals surface area contributed by atoms with Crippen LogP contribution in [0.4, 0.5) is 0 Å². The molecule has 0 N–H and O–H groups in total. The first-order valence-corrected chi connectivity index (χ1v) is 8.17. The lowest BCUT2D eigenvalue weighted by Gasteiger charge is -2.05. The second kappa shape index (κ2) is 6.57. The van der Waals surface area contributed by atoms with Gasteiger partial charge >= 0.3 is 0 Å². The monoisotopic (exact) mass is 344 g/mol. The van der Waals surface area contributed by atoms with Gasteiger partial charge in [0.05, 0.1) is 28.6 Å². The first-order chi connectivity index (χ1) is 11.5. The van der Waals surface area contributed by atoms with Gasteiger partial charge in [0.25, 0.3) is 11.8 Å². The Morgan fingerprint density at radius 2 is 1.83 bits per heavy atom. The number of hydrogen-bond donors (Lipinski definition) is 0. The number of halogens is 1. The number of unbranched alkanes of at least 4 members (excludes halogenated alkanes) is 1. The van der Waals surface area contributed by atoms with Gasteiger partial charge in [-0.2, -0.15) is 15.2 Å². The minimum atomic E-state index is -0.431. The average Bonchev–Trinajstić information content (AvgIpc) is 2.99. The molecule has 24 heavy (non-hydrogen) atoms. The van der Waals surface area contributed by atoms with E-state index < -0.39 is 11.8 Å². The minimum Gasteiger partial charge on any atom is -0.267 e. The van der Waals surface area contributed by atoms with Crippen molar-refractivity contribution >= 4 is 29.6 Å². The molecule has 1 aromatic heterocycles. The molecule has 7 heteroatoms. The number of carbonyl (C=O) groups excluding carboxylic acids is 2. The van der Waals surface area contributed by atoms with Crippen LogP contribution >= 0.6 is 11.6 Å². The predicted octanol–water partition coefficient (Wildman–Crippen LogP) is 3.28. The van der Waals surface area contributed by atoms with Crippen LogP contribution < -0.4 is 0 Å². The van der Waals surface area contributed by atoms with Crippen molar-refractivity contribution in [2.45, 2.75) is 33.2 Å². The highest BCUT2D eigenvalue weighted by Gasteiger charge is 2.35. The third-order valence-corrected chi connectivity index (χ3v) is 4.31. The summed E-state index contributed by atoms with van der Waals surface area (Å²) in [5, 5.41) is 9.76. The quantitative estimate of drug-likeness (QED) is 0.617. The molecule has 0 aliphatic carbocycles. The summed E-state index contributed by atoms with van der Waals surface area (Å²) in [4.78, 5) is 24.6. The average molecular weight is 345 g/mol. The van der Waals surface area contributed by atoms with E-state index in [9.17, 15) is 9.59 Å². The van der Waals surface area contributed by atoms with Gasteiger partial charge in [0.15, 0.2) is 0 Å². The number of amides is 2. The molecule has 2 aromatic rings. The standard InChI is InChI=1S/C17H17ClN4O2/c1-3-4-9-21-15(18)14(11(2)20-21)10-19-22-16(23)12-7-5-6-8-13(12)17(22)24/h5-8,10H,3-4,9H2,1-2H3. The first-order valence-electron chi connectivity index (χ1n) is 7.79. The zero-order chi connectivity index (χ0) is 17.3. The number of hydrazone groups is 1. The predicted molar refractivity (Wildman–Crippen MR) is 91.4 cm³/mol. The molecular formula is C17H17ClN4O2. The summed E-state index contributed by atoms with van der Waals surface area (Å²) in [5.74, 6) is -0.863. The molecular weight excluding hydrogens is 328 g/mol. The van der Waals surface area contributed by atoms with Crippen LogP contribution in [-0.4, -0.2) is 32.8 Å². The Morgan fingerprint density at radius 1 is 1.21 bits per heavy atom. The maximum atomic E-state index is 12.3. The molecule has 0 spiro atoms. The number of nitrogens with zero attached hydrogens (tertiary/aromatic N) is 4. The van der Waals surface area contributed by atoms with E-state index in [1.807, 2.05) is 6.92 Å². The van der Waals surface area contributed by atoms with Crippen molar-refractivity contribution in [3.05, 3.63) is 51.8 Å². The van der Waals surface area contributed by atoms with Crippen molar-refractivity contribution in [1.82, 2.24) is 14.8 Å². The Hall–Kier alpha value is -2.47. The normalized spacial score (nSPS) is 14.0. The van der Waals surface area contributed by atoms with Crippen LogP contribution in [0.15, 0.2) is 29.4 Å². The number of carbonyl (C=O) groups is 2. The lowest BCUT2D eigenvalue weighted by atomic mass is 10.1. The Kier molecular flexibility index (Phi) is 4.49. The van der Waals surface area contributed by atoms with E-state index in [2.05, 4.69) is 17.1 Å². The second-order valence-corrected chi connectivity index (χ2v) is 5.94. The zero-order valence-corrected chi connectivity index (χ0v) is 14.2. The SMILES string of the molecule is CCCCn1nc(C)c(C=NN2C(=O)c3ccccc3C2=O)c1Cl. The van der Waals surface area contributed by atoms with Crippen LogP contribution in [0.25, 0.3) is 0 Å². The molecule has 0 bridgehead atoms. The third-order valence-electron chi connectivity index (χ3n) is 3.91. The molecule has 0 atom stereocenters. The molecule has 124 valence electrons. The maximum absolute atomic E-state index is 12.3. The van der Waals surface area contributed by atoms with E-state index in [1.165, 1.54) is 6.21 Å². The molecule has 0 fully saturated rings.